The Hall–Kier alpha value is -1.92. The fourth-order valence-electron chi connectivity index (χ4n) is 2.72. The number of H-pyrrole nitrogens is 1. The molecular formula is C15H17N5S. The first-order valence-corrected chi connectivity index (χ1v) is 8.01. The van der Waals surface area contributed by atoms with Crippen molar-refractivity contribution < 1.29 is 0 Å². The smallest absolute Gasteiger partial charge is 0.245 e. The minimum absolute atomic E-state index is 0.477. The summed E-state index contributed by atoms with van der Waals surface area (Å²) in [5.41, 5.74) is 0. The lowest BCUT2D eigenvalue weighted by molar-refractivity contribution is 0.480. The van der Waals surface area contributed by atoms with Crippen LogP contribution in [0.2, 0.25) is 0 Å². The van der Waals surface area contributed by atoms with E-state index in [1.54, 1.807) is 11.3 Å². The summed E-state index contributed by atoms with van der Waals surface area (Å²) in [4.78, 5) is 8.04. The predicted molar refractivity (Wildman–Crippen MR) is 86.9 cm³/mol. The maximum atomic E-state index is 4.68. The molecule has 3 heterocycles. The number of thiophene rings is 1. The fourth-order valence-corrected chi connectivity index (χ4v) is 3.72. The zero-order valence-electron chi connectivity index (χ0n) is 11.8. The van der Waals surface area contributed by atoms with Crippen molar-refractivity contribution in [3.05, 3.63) is 30.3 Å². The van der Waals surface area contributed by atoms with Gasteiger partial charge in [0, 0.05) is 30.4 Å². The lowest BCUT2D eigenvalue weighted by Gasteiger charge is -2.30. The number of aromatic nitrogens is 3. The Morgan fingerprint density at radius 3 is 3.10 bits per heavy atom. The molecule has 0 spiro atoms. The molecule has 1 aromatic carbocycles. The highest BCUT2D eigenvalue weighted by Gasteiger charge is 2.20. The van der Waals surface area contributed by atoms with Crippen LogP contribution < -0.4 is 10.2 Å². The van der Waals surface area contributed by atoms with Gasteiger partial charge in [0.25, 0.3) is 0 Å². The van der Waals surface area contributed by atoms with Crippen molar-refractivity contribution in [2.75, 3.05) is 24.5 Å². The number of nitrogens with zero attached hydrogens (tertiary/aromatic N) is 3. The second-order valence-electron chi connectivity index (χ2n) is 5.43. The van der Waals surface area contributed by atoms with Gasteiger partial charge in [-0.15, -0.1) is 16.4 Å². The molecule has 5 nitrogen and oxygen atoms in total. The Kier molecular flexibility index (Phi) is 3.12. The summed E-state index contributed by atoms with van der Waals surface area (Å²) in [7, 11) is 0. The normalized spacial score (nSPS) is 19.3. The molecule has 108 valence electrons. The number of hydrogen-bond donors (Lipinski definition) is 2. The molecular weight excluding hydrogens is 282 g/mol. The summed E-state index contributed by atoms with van der Waals surface area (Å²) >= 11 is 1.75. The number of anilines is 1. The van der Waals surface area contributed by atoms with E-state index >= 15 is 0 Å². The average Bonchev–Trinajstić information content (AvgIpc) is 3.14. The lowest BCUT2D eigenvalue weighted by Crippen LogP contribution is -2.49. The van der Waals surface area contributed by atoms with E-state index in [1.165, 1.54) is 10.1 Å². The molecule has 0 bridgehead atoms. The van der Waals surface area contributed by atoms with Crippen molar-refractivity contribution in [1.82, 2.24) is 20.5 Å². The minimum Gasteiger partial charge on any atom is -0.337 e. The Labute approximate surface area is 127 Å². The van der Waals surface area contributed by atoms with Crippen LogP contribution in [0.4, 0.5) is 5.95 Å². The average molecular weight is 299 g/mol. The summed E-state index contributed by atoms with van der Waals surface area (Å²) in [5.74, 6) is 1.66. The third-order valence-corrected chi connectivity index (χ3v) is 4.91. The van der Waals surface area contributed by atoms with E-state index < -0.39 is 0 Å². The predicted octanol–water partition coefficient (Wildman–Crippen LogP) is 2.48. The Bertz CT molecular complexity index is 729. The van der Waals surface area contributed by atoms with E-state index in [4.69, 9.17) is 0 Å². The second-order valence-corrected chi connectivity index (χ2v) is 6.52. The van der Waals surface area contributed by atoms with Crippen molar-refractivity contribution in [3.63, 3.8) is 0 Å². The number of hydrogen-bond acceptors (Lipinski definition) is 5. The van der Waals surface area contributed by atoms with E-state index in [0.29, 0.717) is 6.04 Å². The van der Waals surface area contributed by atoms with Crippen molar-refractivity contribution in [2.24, 2.45) is 0 Å². The zero-order chi connectivity index (χ0) is 14.2. The molecule has 1 aliphatic rings. The molecule has 2 aromatic heterocycles. The van der Waals surface area contributed by atoms with Crippen molar-refractivity contribution >= 4 is 27.4 Å². The molecule has 1 aliphatic heterocycles. The van der Waals surface area contributed by atoms with Crippen LogP contribution in [0, 0.1) is 0 Å². The molecule has 6 heteroatoms. The Balaban J connectivity index is 1.64. The van der Waals surface area contributed by atoms with Crippen LogP contribution >= 0.6 is 11.3 Å². The summed E-state index contributed by atoms with van der Waals surface area (Å²) in [6.45, 7) is 5.07. The molecule has 0 saturated carbocycles. The standard InChI is InChI=1S/C15H17N5S/c1-10-9-20(7-6-16-10)15-17-14(18-19-15)13-8-11-4-2-3-5-12(11)21-13/h2-5,8,10,16H,6-7,9H2,1H3,(H,17,18,19)/t10-/m0/s1. The summed E-state index contributed by atoms with van der Waals surface area (Å²) in [5, 5.41) is 12.2. The first-order chi connectivity index (χ1) is 10.3. The topological polar surface area (TPSA) is 56.8 Å². The maximum absolute atomic E-state index is 4.68. The Morgan fingerprint density at radius 2 is 2.24 bits per heavy atom. The third-order valence-electron chi connectivity index (χ3n) is 3.78. The number of aromatic amines is 1. The Morgan fingerprint density at radius 1 is 1.33 bits per heavy atom. The fraction of sp³-hybridized carbons (Fsp3) is 0.333. The monoisotopic (exact) mass is 299 g/mol. The number of fused-ring (bicyclic) bond motifs is 1. The largest absolute Gasteiger partial charge is 0.337 e. The van der Waals surface area contributed by atoms with Crippen LogP contribution in [0.5, 0.6) is 0 Å². The van der Waals surface area contributed by atoms with Crippen LogP contribution in [0.1, 0.15) is 6.92 Å². The maximum Gasteiger partial charge on any atom is 0.245 e. The van der Waals surface area contributed by atoms with Crippen molar-refractivity contribution in [2.45, 2.75) is 13.0 Å². The van der Waals surface area contributed by atoms with Crippen LogP contribution in [-0.2, 0) is 0 Å². The summed E-state index contributed by atoms with van der Waals surface area (Å²) in [6, 6.07) is 11.0. The van der Waals surface area contributed by atoms with Gasteiger partial charge in [0.15, 0.2) is 5.82 Å². The van der Waals surface area contributed by atoms with Gasteiger partial charge in [-0.05, 0) is 24.4 Å². The molecule has 1 fully saturated rings. The number of piperazine rings is 1. The van der Waals surface area contributed by atoms with E-state index in [9.17, 15) is 0 Å². The van der Waals surface area contributed by atoms with Gasteiger partial charge in [0.2, 0.25) is 5.95 Å². The number of rotatable bonds is 2. The van der Waals surface area contributed by atoms with Crippen molar-refractivity contribution in [1.29, 1.82) is 0 Å². The van der Waals surface area contributed by atoms with Gasteiger partial charge in [0.05, 0.1) is 4.88 Å². The number of benzene rings is 1. The molecule has 1 saturated heterocycles. The quantitative estimate of drug-likeness (QED) is 0.763. The molecule has 0 unspecified atom stereocenters. The van der Waals surface area contributed by atoms with E-state index in [1.807, 2.05) is 0 Å². The molecule has 1 atom stereocenters. The van der Waals surface area contributed by atoms with E-state index in [2.05, 4.69) is 62.7 Å². The molecule has 2 N–H and O–H groups in total. The molecule has 0 aliphatic carbocycles. The van der Waals surface area contributed by atoms with Crippen molar-refractivity contribution in [3.8, 4) is 10.7 Å². The van der Waals surface area contributed by atoms with Gasteiger partial charge in [-0.25, -0.2) is 0 Å². The molecule has 0 radical (unpaired) electrons. The van der Waals surface area contributed by atoms with Crippen LogP contribution in [0.15, 0.2) is 30.3 Å². The van der Waals surface area contributed by atoms with Gasteiger partial charge in [-0.1, -0.05) is 18.2 Å². The van der Waals surface area contributed by atoms with Gasteiger partial charge >= 0.3 is 0 Å². The first-order valence-electron chi connectivity index (χ1n) is 7.19. The summed E-state index contributed by atoms with van der Waals surface area (Å²) in [6.07, 6.45) is 0. The van der Waals surface area contributed by atoms with Gasteiger partial charge in [-0.2, -0.15) is 4.98 Å². The van der Waals surface area contributed by atoms with Gasteiger partial charge < -0.3 is 10.2 Å². The van der Waals surface area contributed by atoms with E-state index in [0.717, 1.165) is 36.3 Å². The third kappa shape index (κ3) is 2.41. The number of nitrogens with one attached hydrogen (secondary N) is 2. The summed E-state index contributed by atoms with van der Waals surface area (Å²) < 4.78 is 1.28. The SMILES string of the molecule is C[C@H]1CN(c2n[nH]c(-c3cc4ccccc4s3)n2)CCN1. The first kappa shape index (κ1) is 12.8. The molecule has 21 heavy (non-hydrogen) atoms. The lowest BCUT2D eigenvalue weighted by atomic mass is 10.2. The zero-order valence-corrected chi connectivity index (χ0v) is 12.7. The van der Waals surface area contributed by atoms with Crippen LogP contribution in [-0.4, -0.2) is 40.9 Å². The highest BCUT2D eigenvalue weighted by Crippen LogP contribution is 2.32. The highest BCUT2D eigenvalue weighted by atomic mass is 32.1. The van der Waals surface area contributed by atoms with Gasteiger partial charge in [-0.3, -0.25) is 5.10 Å². The minimum atomic E-state index is 0.477. The second kappa shape index (κ2) is 5.13. The molecule has 4 rings (SSSR count). The van der Waals surface area contributed by atoms with Crippen LogP contribution in [0.3, 0.4) is 0 Å². The van der Waals surface area contributed by atoms with E-state index in [-0.39, 0.29) is 0 Å². The molecule has 0 amide bonds. The van der Waals surface area contributed by atoms with Crippen LogP contribution in [0.25, 0.3) is 20.8 Å². The van der Waals surface area contributed by atoms with Gasteiger partial charge in [0.1, 0.15) is 0 Å². The highest BCUT2D eigenvalue weighted by molar-refractivity contribution is 7.22. The molecule has 3 aromatic rings.